The Kier molecular flexibility index (Phi) is 3.51. The van der Waals surface area contributed by atoms with E-state index in [1.165, 1.54) is 10.9 Å². The van der Waals surface area contributed by atoms with Crippen molar-refractivity contribution >= 4 is 15.9 Å². The van der Waals surface area contributed by atoms with E-state index in [0.717, 1.165) is 5.56 Å². The van der Waals surface area contributed by atoms with Gasteiger partial charge in [-0.05, 0) is 24.6 Å². The van der Waals surface area contributed by atoms with Crippen LogP contribution >= 0.6 is 15.9 Å². The second-order valence-electron chi connectivity index (χ2n) is 3.59. The van der Waals surface area contributed by atoms with Crippen molar-refractivity contribution in [2.45, 2.75) is 18.7 Å². The molecule has 0 N–H and O–H groups in total. The largest absolute Gasteiger partial charge is 0.280 e. The Morgan fingerprint density at radius 1 is 1.47 bits per heavy atom. The molecule has 0 unspecified atom stereocenters. The van der Waals surface area contributed by atoms with E-state index in [-0.39, 0.29) is 5.69 Å². The van der Waals surface area contributed by atoms with Crippen LogP contribution in [0, 0.1) is 6.92 Å². The molecular weight excluding hydrogens is 292 g/mol. The minimum Gasteiger partial charge on any atom is -0.237 e. The number of nitrogens with zero attached hydrogens (tertiary/aromatic N) is 3. The highest BCUT2D eigenvalue weighted by Gasteiger charge is 2.20. The fourth-order valence-electron chi connectivity index (χ4n) is 1.55. The fourth-order valence-corrected chi connectivity index (χ4v) is 1.98. The van der Waals surface area contributed by atoms with Crippen LogP contribution < -0.4 is 0 Å². The van der Waals surface area contributed by atoms with Crippen molar-refractivity contribution in [3.8, 4) is 5.82 Å². The number of pyridine rings is 1. The molecule has 0 aliphatic heterocycles. The predicted octanol–water partition coefficient (Wildman–Crippen LogP) is 3.41. The lowest BCUT2D eigenvalue weighted by atomic mass is 10.2. The maximum absolute atomic E-state index is 13.0. The zero-order valence-electron chi connectivity index (χ0n) is 9.07. The van der Waals surface area contributed by atoms with Crippen LogP contribution in [0.3, 0.4) is 0 Å². The fraction of sp³-hybridized carbons (Fsp3) is 0.273. The zero-order chi connectivity index (χ0) is 12.4. The van der Waals surface area contributed by atoms with E-state index in [0.29, 0.717) is 16.7 Å². The topological polar surface area (TPSA) is 30.7 Å². The Labute approximate surface area is 106 Å². The van der Waals surface area contributed by atoms with E-state index in [9.17, 15) is 8.78 Å². The summed E-state index contributed by atoms with van der Waals surface area (Å²) in [5.41, 5.74) is 1.31. The zero-order valence-corrected chi connectivity index (χ0v) is 10.7. The van der Waals surface area contributed by atoms with Crippen molar-refractivity contribution in [2.24, 2.45) is 0 Å². The lowest BCUT2D eigenvalue weighted by Crippen LogP contribution is -2.06. The quantitative estimate of drug-likeness (QED) is 0.814. The van der Waals surface area contributed by atoms with E-state index in [1.807, 2.05) is 6.92 Å². The van der Waals surface area contributed by atoms with Gasteiger partial charge in [-0.2, -0.15) is 5.10 Å². The Morgan fingerprint density at radius 2 is 2.24 bits per heavy atom. The highest BCUT2D eigenvalue weighted by atomic mass is 79.9. The van der Waals surface area contributed by atoms with Crippen LogP contribution in [0.5, 0.6) is 0 Å². The number of rotatable bonds is 3. The van der Waals surface area contributed by atoms with E-state index in [2.05, 4.69) is 26.0 Å². The summed E-state index contributed by atoms with van der Waals surface area (Å²) in [6.07, 6.45) is 0.433. The van der Waals surface area contributed by atoms with Gasteiger partial charge in [-0.3, -0.25) is 0 Å². The summed E-state index contributed by atoms with van der Waals surface area (Å²) in [7, 11) is 0. The second-order valence-corrected chi connectivity index (χ2v) is 4.15. The monoisotopic (exact) mass is 301 g/mol. The summed E-state index contributed by atoms with van der Waals surface area (Å²) in [5.74, 6) is 0.410. The lowest BCUT2D eigenvalue weighted by molar-refractivity contribution is 0.142. The first kappa shape index (κ1) is 12.2. The third kappa shape index (κ3) is 2.36. The van der Waals surface area contributed by atoms with Crippen molar-refractivity contribution in [3.05, 3.63) is 41.3 Å². The lowest BCUT2D eigenvalue weighted by Gasteiger charge is -2.07. The van der Waals surface area contributed by atoms with Gasteiger partial charge in [-0.1, -0.05) is 15.9 Å². The average molecular weight is 302 g/mol. The molecule has 0 aliphatic carbocycles. The molecule has 0 fully saturated rings. The van der Waals surface area contributed by atoms with Gasteiger partial charge in [0.1, 0.15) is 5.69 Å². The number of aryl methyl sites for hydroxylation is 1. The predicted molar refractivity (Wildman–Crippen MR) is 63.7 cm³/mol. The molecule has 0 saturated carbocycles. The molecule has 2 aromatic heterocycles. The molecule has 0 bridgehead atoms. The number of alkyl halides is 3. The van der Waals surface area contributed by atoms with Gasteiger partial charge in [0.15, 0.2) is 5.82 Å². The number of halogens is 3. The summed E-state index contributed by atoms with van der Waals surface area (Å²) >= 11 is 3.17. The number of hydrogen-bond donors (Lipinski definition) is 0. The molecule has 3 nitrogen and oxygen atoms in total. The van der Waals surface area contributed by atoms with Gasteiger partial charge in [0.05, 0.1) is 6.20 Å². The normalized spacial score (nSPS) is 11.1. The Balaban J connectivity index is 2.56. The van der Waals surface area contributed by atoms with Gasteiger partial charge in [-0.25, -0.2) is 18.4 Å². The minimum atomic E-state index is -2.58. The second kappa shape index (κ2) is 4.91. The van der Waals surface area contributed by atoms with Crippen molar-refractivity contribution in [1.82, 2.24) is 14.8 Å². The van der Waals surface area contributed by atoms with Crippen LogP contribution in [0.4, 0.5) is 8.78 Å². The Bertz CT molecular complexity index is 525. The first-order chi connectivity index (χ1) is 8.13. The number of aromatic nitrogens is 3. The third-order valence-corrected chi connectivity index (χ3v) is 2.96. The molecule has 0 aromatic carbocycles. The maximum atomic E-state index is 13.0. The summed E-state index contributed by atoms with van der Waals surface area (Å²) in [6, 6.07) is 3.53. The third-order valence-electron chi connectivity index (χ3n) is 2.35. The van der Waals surface area contributed by atoms with E-state index >= 15 is 0 Å². The molecular formula is C11H10BrF2N3. The molecule has 0 saturated heterocycles. The molecule has 6 heteroatoms. The number of hydrogen-bond acceptors (Lipinski definition) is 2. The van der Waals surface area contributed by atoms with Gasteiger partial charge in [0.25, 0.3) is 6.43 Å². The minimum absolute atomic E-state index is 0.111. The SMILES string of the molecule is Cc1ccnc(-n2ncc(CBr)c2C(F)F)c1. The highest BCUT2D eigenvalue weighted by Crippen LogP contribution is 2.26. The molecule has 2 aromatic rings. The van der Waals surface area contributed by atoms with E-state index in [4.69, 9.17) is 0 Å². The van der Waals surface area contributed by atoms with Crippen molar-refractivity contribution < 1.29 is 8.78 Å². The van der Waals surface area contributed by atoms with E-state index < -0.39 is 6.43 Å². The highest BCUT2D eigenvalue weighted by molar-refractivity contribution is 9.08. The average Bonchev–Trinajstić information content (AvgIpc) is 2.72. The summed E-state index contributed by atoms with van der Waals surface area (Å²) in [6.45, 7) is 1.88. The van der Waals surface area contributed by atoms with Gasteiger partial charge >= 0.3 is 0 Å². The standard InChI is InChI=1S/C11H10BrF2N3/c1-7-2-3-15-9(4-7)17-10(11(13)14)8(5-12)6-16-17/h2-4,6,11H,5H2,1H3. The summed E-state index contributed by atoms with van der Waals surface area (Å²) in [4.78, 5) is 4.05. The molecule has 0 amide bonds. The van der Waals surface area contributed by atoms with Crippen LogP contribution in [0.15, 0.2) is 24.5 Å². The van der Waals surface area contributed by atoms with Crippen LogP contribution in [0.1, 0.15) is 23.2 Å². The van der Waals surface area contributed by atoms with Crippen LogP contribution in [0.25, 0.3) is 5.82 Å². The molecule has 17 heavy (non-hydrogen) atoms. The van der Waals surface area contributed by atoms with Gasteiger partial charge in [0, 0.05) is 17.1 Å². The Hall–Kier alpha value is -1.30. The van der Waals surface area contributed by atoms with Gasteiger partial charge in [0.2, 0.25) is 0 Å². The molecule has 0 spiro atoms. The maximum Gasteiger partial charge on any atom is 0.280 e. The summed E-state index contributed by atoms with van der Waals surface area (Å²) in [5, 5.41) is 4.31. The van der Waals surface area contributed by atoms with Crippen molar-refractivity contribution in [3.63, 3.8) is 0 Å². The van der Waals surface area contributed by atoms with Crippen molar-refractivity contribution in [1.29, 1.82) is 0 Å². The van der Waals surface area contributed by atoms with E-state index in [1.54, 1.807) is 18.3 Å². The summed E-state index contributed by atoms with van der Waals surface area (Å²) < 4.78 is 27.2. The molecule has 0 radical (unpaired) electrons. The molecule has 90 valence electrons. The van der Waals surface area contributed by atoms with Crippen LogP contribution in [-0.4, -0.2) is 14.8 Å². The van der Waals surface area contributed by atoms with Crippen LogP contribution in [0.2, 0.25) is 0 Å². The molecule has 2 heterocycles. The van der Waals surface area contributed by atoms with Gasteiger partial charge in [-0.15, -0.1) is 0 Å². The first-order valence-corrected chi connectivity index (χ1v) is 6.09. The molecule has 2 rings (SSSR count). The molecule has 0 aliphatic rings. The Morgan fingerprint density at radius 3 is 2.82 bits per heavy atom. The smallest absolute Gasteiger partial charge is 0.237 e. The molecule has 0 atom stereocenters. The van der Waals surface area contributed by atoms with Gasteiger partial charge < -0.3 is 0 Å². The van der Waals surface area contributed by atoms with Crippen molar-refractivity contribution in [2.75, 3.05) is 0 Å². The first-order valence-electron chi connectivity index (χ1n) is 4.97. The van der Waals surface area contributed by atoms with Crippen LogP contribution in [-0.2, 0) is 5.33 Å².